The SMILES string of the molecule is CCCCCOc1ccc(C2/C(=C(\O)c3ccc(OCC)cc3)C(=O)C(=O)N2Cc2ccccc2)cc1OC. The monoisotopic (exact) mass is 529 g/mol. The van der Waals surface area contributed by atoms with E-state index in [1.54, 1.807) is 43.5 Å². The van der Waals surface area contributed by atoms with E-state index in [-0.39, 0.29) is 17.9 Å². The van der Waals surface area contributed by atoms with E-state index in [1.807, 2.05) is 43.3 Å². The third kappa shape index (κ3) is 6.25. The average Bonchev–Trinajstić information content (AvgIpc) is 3.21. The molecule has 1 aliphatic rings. The Hall–Kier alpha value is -4.26. The largest absolute Gasteiger partial charge is 0.507 e. The highest BCUT2D eigenvalue weighted by atomic mass is 16.5. The quantitative estimate of drug-likeness (QED) is 0.129. The molecule has 7 nitrogen and oxygen atoms in total. The number of unbranched alkanes of at least 4 members (excludes halogenated alkanes) is 2. The van der Waals surface area contributed by atoms with Gasteiger partial charge in [0.05, 0.1) is 31.9 Å². The summed E-state index contributed by atoms with van der Waals surface area (Å²) < 4.78 is 17.1. The zero-order valence-electron chi connectivity index (χ0n) is 22.7. The number of hydrogen-bond acceptors (Lipinski definition) is 6. The van der Waals surface area contributed by atoms with Crippen LogP contribution in [0.4, 0.5) is 0 Å². The maximum Gasteiger partial charge on any atom is 0.295 e. The van der Waals surface area contributed by atoms with E-state index in [9.17, 15) is 14.7 Å². The third-order valence-corrected chi connectivity index (χ3v) is 6.68. The van der Waals surface area contributed by atoms with Crippen molar-refractivity contribution in [2.45, 2.75) is 45.7 Å². The summed E-state index contributed by atoms with van der Waals surface area (Å²) in [6, 6.07) is 20.8. The number of likely N-dealkylation sites (tertiary alicyclic amines) is 1. The highest BCUT2D eigenvalue weighted by Crippen LogP contribution is 2.42. The molecule has 1 N–H and O–H groups in total. The van der Waals surface area contributed by atoms with Gasteiger partial charge in [-0.2, -0.15) is 0 Å². The summed E-state index contributed by atoms with van der Waals surface area (Å²) in [7, 11) is 1.55. The van der Waals surface area contributed by atoms with Gasteiger partial charge in [-0.25, -0.2) is 0 Å². The molecule has 1 saturated heterocycles. The summed E-state index contributed by atoms with van der Waals surface area (Å²) in [5.41, 5.74) is 1.95. The van der Waals surface area contributed by atoms with Gasteiger partial charge in [0.15, 0.2) is 11.5 Å². The van der Waals surface area contributed by atoms with Crippen molar-refractivity contribution in [2.75, 3.05) is 20.3 Å². The summed E-state index contributed by atoms with van der Waals surface area (Å²) in [5.74, 6) is 0.0841. The van der Waals surface area contributed by atoms with Gasteiger partial charge in [-0.1, -0.05) is 56.2 Å². The first-order valence-electron chi connectivity index (χ1n) is 13.3. The second-order valence-corrected chi connectivity index (χ2v) is 9.34. The molecule has 0 radical (unpaired) electrons. The number of rotatable bonds is 12. The molecule has 1 amide bonds. The van der Waals surface area contributed by atoms with Gasteiger partial charge < -0.3 is 24.2 Å². The lowest BCUT2D eigenvalue weighted by atomic mass is 9.94. The highest BCUT2D eigenvalue weighted by molar-refractivity contribution is 6.46. The number of aliphatic hydroxyl groups excluding tert-OH is 1. The van der Waals surface area contributed by atoms with Crippen LogP contribution in [0.1, 0.15) is 55.8 Å². The lowest BCUT2D eigenvalue weighted by molar-refractivity contribution is -0.140. The van der Waals surface area contributed by atoms with Crippen LogP contribution < -0.4 is 14.2 Å². The first-order chi connectivity index (χ1) is 19.0. The van der Waals surface area contributed by atoms with Crippen LogP contribution in [0.2, 0.25) is 0 Å². The summed E-state index contributed by atoms with van der Waals surface area (Å²) in [4.78, 5) is 28.3. The summed E-state index contributed by atoms with van der Waals surface area (Å²) in [6.07, 6.45) is 3.09. The van der Waals surface area contributed by atoms with Gasteiger partial charge in [0.25, 0.3) is 11.7 Å². The maximum absolute atomic E-state index is 13.4. The molecular weight excluding hydrogens is 494 g/mol. The Morgan fingerprint density at radius 1 is 0.897 bits per heavy atom. The van der Waals surface area contributed by atoms with Crippen LogP contribution in [-0.4, -0.2) is 42.0 Å². The van der Waals surface area contributed by atoms with E-state index in [1.165, 1.54) is 4.90 Å². The number of ketones is 1. The molecule has 3 aromatic carbocycles. The van der Waals surface area contributed by atoms with E-state index in [4.69, 9.17) is 14.2 Å². The van der Waals surface area contributed by atoms with E-state index in [0.29, 0.717) is 41.6 Å². The Morgan fingerprint density at radius 3 is 2.31 bits per heavy atom. The van der Waals surface area contributed by atoms with Crippen LogP contribution in [0.3, 0.4) is 0 Å². The van der Waals surface area contributed by atoms with Gasteiger partial charge in [0, 0.05) is 12.1 Å². The van der Waals surface area contributed by atoms with Crippen molar-refractivity contribution in [1.82, 2.24) is 4.90 Å². The molecule has 1 fully saturated rings. The lowest BCUT2D eigenvalue weighted by Gasteiger charge is -2.26. The number of aliphatic hydroxyl groups is 1. The molecule has 3 aromatic rings. The second kappa shape index (κ2) is 13.0. The Bertz CT molecular complexity index is 1320. The van der Waals surface area contributed by atoms with E-state index >= 15 is 0 Å². The first kappa shape index (κ1) is 27.8. The smallest absolute Gasteiger partial charge is 0.295 e. The number of amides is 1. The molecule has 7 heteroatoms. The van der Waals surface area contributed by atoms with Gasteiger partial charge in [0.2, 0.25) is 0 Å². The van der Waals surface area contributed by atoms with E-state index in [0.717, 1.165) is 24.8 Å². The highest BCUT2D eigenvalue weighted by Gasteiger charge is 2.46. The molecule has 1 aliphatic heterocycles. The predicted molar refractivity (Wildman–Crippen MR) is 150 cm³/mol. The van der Waals surface area contributed by atoms with Crippen molar-refractivity contribution in [2.24, 2.45) is 0 Å². The molecule has 0 saturated carbocycles. The minimum atomic E-state index is -0.820. The number of ether oxygens (including phenoxy) is 3. The van der Waals surface area contributed by atoms with Crippen molar-refractivity contribution >= 4 is 17.4 Å². The number of Topliss-reactive ketones (excluding diaryl/α,β-unsaturated/α-hetero) is 1. The molecule has 204 valence electrons. The Morgan fingerprint density at radius 2 is 1.64 bits per heavy atom. The number of carbonyl (C=O) groups is 2. The summed E-state index contributed by atoms with van der Waals surface area (Å²) in [5, 5.41) is 11.4. The molecule has 4 rings (SSSR count). The number of hydrogen-bond donors (Lipinski definition) is 1. The Kier molecular flexibility index (Phi) is 9.26. The molecule has 1 heterocycles. The van der Waals surface area contributed by atoms with Gasteiger partial charge >= 0.3 is 0 Å². The average molecular weight is 530 g/mol. The standard InChI is InChI=1S/C32H35NO6/c1-4-6-10-19-39-26-18-15-24(20-27(26)37-3)29-28(30(34)23-13-16-25(17-14-23)38-5-2)31(35)32(36)33(29)21-22-11-8-7-9-12-22/h7-9,11-18,20,29,34H,4-6,10,19,21H2,1-3H3/b30-28+. The van der Waals surface area contributed by atoms with Crippen LogP contribution in [0.5, 0.6) is 17.2 Å². The fourth-order valence-corrected chi connectivity index (χ4v) is 4.71. The number of nitrogens with zero attached hydrogens (tertiary/aromatic N) is 1. The molecular formula is C32H35NO6. The maximum atomic E-state index is 13.4. The zero-order chi connectivity index (χ0) is 27.8. The molecule has 0 aliphatic carbocycles. The minimum Gasteiger partial charge on any atom is -0.507 e. The zero-order valence-corrected chi connectivity index (χ0v) is 22.7. The normalized spacial score (nSPS) is 16.4. The second-order valence-electron chi connectivity index (χ2n) is 9.34. The van der Waals surface area contributed by atoms with Crippen molar-refractivity contribution in [3.05, 3.63) is 95.1 Å². The fourth-order valence-electron chi connectivity index (χ4n) is 4.71. The van der Waals surface area contributed by atoms with Crippen molar-refractivity contribution in [1.29, 1.82) is 0 Å². The van der Waals surface area contributed by atoms with Crippen molar-refractivity contribution < 1.29 is 28.9 Å². The first-order valence-corrected chi connectivity index (χ1v) is 13.3. The molecule has 0 aromatic heterocycles. The van der Waals surface area contributed by atoms with Gasteiger partial charge in [-0.15, -0.1) is 0 Å². The molecule has 1 unspecified atom stereocenters. The molecule has 1 atom stereocenters. The van der Waals surface area contributed by atoms with Gasteiger partial charge in [0.1, 0.15) is 11.5 Å². The molecule has 0 bridgehead atoms. The lowest BCUT2D eigenvalue weighted by Crippen LogP contribution is -2.29. The van der Waals surface area contributed by atoms with Gasteiger partial charge in [-0.05, 0) is 60.9 Å². The van der Waals surface area contributed by atoms with Crippen LogP contribution in [0.15, 0.2) is 78.4 Å². The predicted octanol–water partition coefficient (Wildman–Crippen LogP) is 6.28. The van der Waals surface area contributed by atoms with E-state index < -0.39 is 17.7 Å². The van der Waals surface area contributed by atoms with Gasteiger partial charge in [-0.3, -0.25) is 9.59 Å². The topological polar surface area (TPSA) is 85.3 Å². The minimum absolute atomic E-state index is 0.0266. The number of methoxy groups -OCH3 is 1. The summed E-state index contributed by atoms with van der Waals surface area (Å²) in [6.45, 7) is 5.30. The fraction of sp³-hybridized carbons (Fsp3) is 0.312. The van der Waals surface area contributed by atoms with Crippen molar-refractivity contribution in [3.63, 3.8) is 0 Å². The Balaban J connectivity index is 1.78. The van der Waals surface area contributed by atoms with E-state index in [2.05, 4.69) is 6.92 Å². The van der Waals surface area contributed by atoms with Crippen LogP contribution in [0, 0.1) is 0 Å². The number of benzene rings is 3. The molecule has 39 heavy (non-hydrogen) atoms. The van der Waals surface area contributed by atoms with Crippen LogP contribution in [-0.2, 0) is 16.1 Å². The summed E-state index contributed by atoms with van der Waals surface area (Å²) >= 11 is 0. The van der Waals surface area contributed by atoms with Crippen molar-refractivity contribution in [3.8, 4) is 17.2 Å². The van der Waals surface area contributed by atoms with Crippen LogP contribution in [0.25, 0.3) is 5.76 Å². The number of carbonyl (C=O) groups excluding carboxylic acids is 2. The Labute approximate surface area is 229 Å². The molecule has 0 spiro atoms. The third-order valence-electron chi connectivity index (χ3n) is 6.68. The van der Waals surface area contributed by atoms with Crippen LogP contribution >= 0.6 is 0 Å².